The van der Waals surface area contributed by atoms with Crippen LogP contribution in [0.15, 0.2) is 52.6 Å². The van der Waals surface area contributed by atoms with Gasteiger partial charge in [0.05, 0.1) is 4.88 Å². The molecule has 1 N–H and O–H groups in total. The molecule has 0 unspecified atom stereocenters. The van der Waals surface area contributed by atoms with Crippen molar-refractivity contribution in [2.45, 2.75) is 6.18 Å². The van der Waals surface area contributed by atoms with Gasteiger partial charge in [-0.05, 0) is 23.6 Å². The first-order valence-corrected chi connectivity index (χ1v) is 9.88. The average molecular weight is 454 g/mol. The van der Waals surface area contributed by atoms with Crippen LogP contribution in [0.2, 0.25) is 0 Å². The third-order valence-electron chi connectivity index (χ3n) is 4.33. The Labute approximate surface area is 178 Å². The number of amides is 1. The van der Waals surface area contributed by atoms with Gasteiger partial charge in [0.25, 0.3) is 5.91 Å². The van der Waals surface area contributed by atoms with Crippen LogP contribution in [0.5, 0.6) is 0 Å². The molecule has 0 bridgehead atoms. The summed E-state index contributed by atoms with van der Waals surface area (Å²) in [5, 5.41) is 13.0. The van der Waals surface area contributed by atoms with Gasteiger partial charge in [0.2, 0.25) is 0 Å². The van der Waals surface area contributed by atoms with E-state index in [2.05, 4.69) is 15.0 Å². The van der Waals surface area contributed by atoms with Crippen LogP contribution in [-0.4, -0.2) is 64.4 Å². The number of nitrogens with zero attached hydrogens (tertiary/aromatic N) is 4. The summed E-state index contributed by atoms with van der Waals surface area (Å²) in [4.78, 5) is 30.6. The predicted molar refractivity (Wildman–Crippen MR) is 106 cm³/mol. The molecule has 1 saturated heterocycles. The number of carboxylic acid groups (broad SMARTS) is 1. The van der Waals surface area contributed by atoms with Gasteiger partial charge in [0, 0.05) is 50.3 Å². The number of hydrogen-bond acceptors (Lipinski definition) is 7. The van der Waals surface area contributed by atoms with Gasteiger partial charge in [-0.2, -0.15) is 13.2 Å². The fourth-order valence-corrected chi connectivity index (χ4v) is 3.47. The largest absolute Gasteiger partial charge is 0.490 e. The minimum atomic E-state index is -5.08. The summed E-state index contributed by atoms with van der Waals surface area (Å²) in [6.45, 7) is 2.93. The second-order valence-electron chi connectivity index (χ2n) is 6.34. The van der Waals surface area contributed by atoms with Crippen molar-refractivity contribution < 1.29 is 32.4 Å². The van der Waals surface area contributed by atoms with E-state index in [1.165, 1.54) is 0 Å². The molecule has 4 heterocycles. The number of alkyl halides is 3. The van der Waals surface area contributed by atoms with E-state index in [9.17, 15) is 18.0 Å². The van der Waals surface area contributed by atoms with Crippen LogP contribution in [0.4, 0.5) is 18.9 Å². The van der Waals surface area contributed by atoms with Crippen molar-refractivity contribution in [3.8, 4) is 10.6 Å². The van der Waals surface area contributed by atoms with E-state index in [4.69, 9.17) is 14.4 Å². The van der Waals surface area contributed by atoms with Crippen molar-refractivity contribution in [3.63, 3.8) is 0 Å². The van der Waals surface area contributed by atoms with Crippen molar-refractivity contribution >= 4 is 28.9 Å². The monoisotopic (exact) mass is 454 g/mol. The molecular weight excluding hydrogens is 437 g/mol. The lowest BCUT2D eigenvalue weighted by Crippen LogP contribution is -2.48. The lowest BCUT2D eigenvalue weighted by molar-refractivity contribution is -0.192. The summed E-state index contributed by atoms with van der Waals surface area (Å²) in [5.41, 5.74) is 1.51. The Hall–Kier alpha value is -3.41. The van der Waals surface area contributed by atoms with Crippen LogP contribution in [0.3, 0.4) is 0 Å². The number of rotatable bonds is 3. The van der Waals surface area contributed by atoms with E-state index < -0.39 is 12.1 Å². The molecule has 1 fully saturated rings. The lowest BCUT2D eigenvalue weighted by atomic mass is 10.2. The summed E-state index contributed by atoms with van der Waals surface area (Å²) < 4.78 is 37.0. The van der Waals surface area contributed by atoms with E-state index in [0.717, 1.165) is 23.7 Å². The molecule has 12 heteroatoms. The van der Waals surface area contributed by atoms with Gasteiger partial charge >= 0.3 is 12.1 Å². The van der Waals surface area contributed by atoms with Gasteiger partial charge in [-0.1, -0.05) is 11.2 Å². The highest BCUT2D eigenvalue weighted by atomic mass is 32.1. The van der Waals surface area contributed by atoms with E-state index in [1.54, 1.807) is 29.8 Å². The Morgan fingerprint density at radius 2 is 1.74 bits per heavy atom. The quantitative estimate of drug-likeness (QED) is 0.648. The number of thiophene rings is 1. The Bertz CT molecular complexity index is 1000. The molecule has 164 valence electrons. The molecule has 31 heavy (non-hydrogen) atoms. The summed E-state index contributed by atoms with van der Waals surface area (Å²) in [6, 6.07) is 9.60. The average Bonchev–Trinajstić information content (AvgIpc) is 3.46. The van der Waals surface area contributed by atoms with E-state index in [-0.39, 0.29) is 5.91 Å². The number of hydrogen-bond donors (Lipinski definition) is 1. The standard InChI is InChI=1S/C17H16N4O2S.C2HF3O2/c22-17(14-12-15(23-19-14)16-2-1-11-24-16)21-9-7-20(8-10-21)13-3-5-18-6-4-13;3-2(4,5)1(6)7/h1-6,11-12H,7-10H2;(H,6,7). The zero-order valence-corrected chi connectivity index (χ0v) is 16.8. The van der Waals surface area contributed by atoms with Gasteiger partial charge < -0.3 is 19.4 Å². The number of piperazine rings is 1. The minimum Gasteiger partial charge on any atom is -0.475 e. The number of carboxylic acids is 1. The second kappa shape index (κ2) is 9.60. The maximum Gasteiger partial charge on any atom is 0.490 e. The smallest absolute Gasteiger partial charge is 0.475 e. The molecule has 0 aromatic carbocycles. The summed E-state index contributed by atoms with van der Waals surface area (Å²) in [7, 11) is 0. The zero-order valence-electron chi connectivity index (χ0n) is 16.0. The van der Waals surface area contributed by atoms with Crippen molar-refractivity contribution in [3.05, 3.63) is 53.8 Å². The molecule has 4 rings (SSSR count). The van der Waals surface area contributed by atoms with Gasteiger partial charge in [-0.3, -0.25) is 9.78 Å². The number of carbonyl (C=O) groups is 2. The first kappa shape index (κ1) is 22.3. The molecule has 0 spiro atoms. The highest BCUT2D eigenvalue weighted by molar-refractivity contribution is 7.13. The number of halogens is 3. The number of aromatic nitrogens is 2. The SMILES string of the molecule is O=C(O)C(F)(F)F.O=C(c1cc(-c2cccs2)on1)N1CCN(c2ccncc2)CC1. The first-order chi connectivity index (χ1) is 14.8. The van der Waals surface area contributed by atoms with Crippen molar-refractivity contribution in [2.24, 2.45) is 0 Å². The molecule has 0 saturated carbocycles. The molecule has 0 atom stereocenters. The highest BCUT2D eigenvalue weighted by Gasteiger charge is 2.38. The van der Waals surface area contributed by atoms with Crippen LogP contribution in [0, 0.1) is 0 Å². The van der Waals surface area contributed by atoms with E-state index >= 15 is 0 Å². The number of aliphatic carboxylic acids is 1. The third-order valence-corrected chi connectivity index (χ3v) is 5.21. The molecule has 0 radical (unpaired) electrons. The van der Waals surface area contributed by atoms with Crippen LogP contribution >= 0.6 is 11.3 Å². The van der Waals surface area contributed by atoms with Gasteiger partial charge in [-0.15, -0.1) is 11.3 Å². The molecule has 1 amide bonds. The highest BCUT2D eigenvalue weighted by Crippen LogP contribution is 2.26. The molecular formula is C19H17F3N4O4S. The third kappa shape index (κ3) is 5.81. The van der Waals surface area contributed by atoms with E-state index in [0.29, 0.717) is 24.5 Å². The predicted octanol–water partition coefficient (Wildman–Crippen LogP) is 3.39. The number of anilines is 1. The molecule has 3 aromatic rings. The van der Waals surface area contributed by atoms with Crippen LogP contribution < -0.4 is 4.90 Å². The Kier molecular flexibility index (Phi) is 6.90. The van der Waals surface area contributed by atoms with Crippen LogP contribution in [0.1, 0.15) is 10.5 Å². The maximum absolute atomic E-state index is 12.6. The summed E-state index contributed by atoms with van der Waals surface area (Å²) in [6.07, 6.45) is -1.51. The number of carbonyl (C=O) groups excluding carboxylic acids is 1. The van der Waals surface area contributed by atoms with Gasteiger partial charge in [0.1, 0.15) is 0 Å². The first-order valence-electron chi connectivity index (χ1n) is 9.00. The zero-order chi connectivity index (χ0) is 22.4. The van der Waals surface area contributed by atoms with E-state index in [1.807, 2.05) is 34.5 Å². The van der Waals surface area contributed by atoms with Gasteiger partial charge in [-0.25, -0.2) is 4.79 Å². The fourth-order valence-electron chi connectivity index (χ4n) is 2.80. The molecule has 3 aromatic heterocycles. The number of pyridine rings is 1. The Balaban J connectivity index is 0.000000339. The second-order valence-corrected chi connectivity index (χ2v) is 7.29. The fraction of sp³-hybridized carbons (Fsp3) is 0.263. The topological polar surface area (TPSA) is 99.8 Å². The summed E-state index contributed by atoms with van der Waals surface area (Å²) >= 11 is 1.56. The maximum atomic E-state index is 12.6. The van der Waals surface area contributed by atoms with Crippen LogP contribution in [-0.2, 0) is 4.79 Å². The van der Waals surface area contributed by atoms with Gasteiger partial charge in [0.15, 0.2) is 11.5 Å². The minimum absolute atomic E-state index is 0.0732. The molecule has 1 aliphatic heterocycles. The summed E-state index contributed by atoms with van der Waals surface area (Å²) in [5.74, 6) is -2.19. The van der Waals surface area contributed by atoms with Crippen LogP contribution in [0.25, 0.3) is 10.6 Å². The Morgan fingerprint density at radius 1 is 1.10 bits per heavy atom. The molecule has 1 aliphatic rings. The molecule has 8 nitrogen and oxygen atoms in total. The molecule has 0 aliphatic carbocycles. The van der Waals surface area contributed by atoms with Crippen molar-refractivity contribution in [1.82, 2.24) is 15.0 Å². The Morgan fingerprint density at radius 3 is 2.29 bits per heavy atom. The van der Waals surface area contributed by atoms with Crippen molar-refractivity contribution in [2.75, 3.05) is 31.1 Å². The normalized spacial score (nSPS) is 14.0. The van der Waals surface area contributed by atoms with Crippen molar-refractivity contribution in [1.29, 1.82) is 0 Å². The lowest BCUT2D eigenvalue weighted by Gasteiger charge is -2.35.